The van der Waals surface area contributed by atoms with E-state index in [1.165, 1.54) is 36.8 Å². The van der Waals surface area contributed by atoms with E-state index in [4.69, 9.17) is 0 Å². The predicted octanol–water partition coefficient (Wildman–Crippen LogP) is 4.62. The van der Waals surface area contributed by atoms with Crippen molar-refractivity contribution in [1.29, 1.82) is 0 Å². The van der Waals surface area contributed by atoms with E-state index in [1.807, 2.05) is 12.3 Å². The Hall–Kier alpha value is -1.57. The third-order valence-electron chi connectivity index (χ3n) is 4.45. The van der Waals surface area contributed by atoms with Crippen LogP contribution < -0.4 is 5.32 Å². The first-order valence-corrected chi connectivity index (χ1v) is 7.26. The number of nitrogens with zero attached hydrogens (tertiary/aromatic N) is 1. The zero-order valence-electron chi connectivity index (χ0n) is 11.8. The average Bonchev–Trinajstić information content (AvgIpc) is 2.41. The highest BCUT2D eigenvalue weighted by atomic mass is 14.9. The molecule has 0 radical (unpaired) electrons. The van der Waals surface area contributed by atoms with E-state index in [-0.39, 0.29) is 0 Å². The molecule has 1 heterocycles. The van der Waals surface area contributed by atoms with Gasteiger partial charge in [-0.25, -0.2) is 0 Å². The van der Waals surface area contributed by atoms with E-state index in [0.717, 1.165) is 5.52 Å². The molecule has 0 aliphatic heterocycles. The molecule has 0 bridgehead atoms. The second-order valence-electron chi connectivity index (χ2n) is 6.34. The van der Waals surface area contributed by atoms with E-state index in [2.05, 4.69) is 48.4 Å². The van der Waals surface area contributed by atoms with E-state index < -0.39 is 0 Å². The van der Waals surface area contributed by atoms with Crippen molar-refractivity contribution in [2.45, 2.75) is 45.6 Å². The van der Waals surface area contributed by atoms with Crippen LogP contribution in [0.4, 0.5) is 5.69 Å². The van der Waals surface area contributed by atoms with Gasteiger partial charge in [-0.15, -0.1) is 0 Å². The molecule has 1 N–H and O–H groups in total. The van der Waals surface area contributed by atoms with Gasteiger partial charge in [-0.2, -0.15) is 0 Å². The quantitative estimate of drug-likeness (QED) is 0.846. The minimum atomic E-state index is 0.391. The third-order valence-corrected chi connectivity index (χ3v) is 4.45. The van der Waals surface area contributed by atoms with Crippen LogP contribution in [-0.4, -0.2) is 11.0 Å². The van der Waals surface area contributed by atoms with Gasteiger partial charge >= 0.3 is 0 Å². The molecule has 1 aromatic carbocycles. The van der Waals surface area contributed by atoms with Gasteiger partial charge in [0.05, 0.1) is 5.52 Å². The summed E-state index contributed by atoms with van der Waals surface area (Å²) < 4.78 is 0. The summed E-state index contributed by atoms with van der Waals surface area (Å²) in [6.07, 6.45) is 7.15. The number of nitrogens with one attached hydrogen (secondary N) is 1. The maximum atomic E-state index is 4.37. The molecule has 2 aromatic rings. The van der Waals surface area contributed by atoms with Gasteiger partial charge < -0.3 is 5.32 Å². The molecule has 19 heavy (non-hydrogen) atoms. The molecule has 1 atom stereocenters. The van der Waals surface area contributed by atoms with Crippen molar-refractivity contribution in [2.24, 2.45) is 5.41 Å². The number of aromatic nitrogens is 1. The number of hydrogen-bond donors (Lipinski definition) is 1. The van der Waals surface area contributed by atoms with E-state index in [0.29, 0.717) is 11.5 Å². The lowest BCUT2D eigenvalue weighted by Gasteiger charge is -2.39. The van der Waals surface area contributed by atoms with Gasteiger partial charge in [0.25, 0.3) is 0 Å². The van der Waals surface area contributed by atoms with Crippen LogP contribution in [0.3, 0.4) is 0 Å². The largest absolute Gasteiger partial charge is 0.382 e. The molecule has 1 aliphatic rings. The lowest BCUT2D eigenvalue weighted by Crippen LogP contribution is -2.38. The summed E-state index contributed by atoms with van der Waals surface area (Å²) in [6, 6.07) is 11.2. The number of benzene rings is 1. The lowest BCUT2D eigenvalue weighted by molar-refractivity contribution is 0.217. The monoisotopic (exact) mass is 254 g/mol. The molecular formula is C17H22N2. The highest BCUT2D eigenvalue weighted by Crippen LogP contribution is 2.37. The first kappa shape index (κ1) is 12.5. The van der Waals surface area contributed by atoms with Crippen molar-refractivity contribution < 1.29 is 0 Å². The number of fused-ring (bicyclic) bond motifs is 1. The van der Waals surface area contributed by atoms with Crippen molar-refractivity contribution in [2.75, 3.05) is 5.32 Å². The molecule has 1 unspecified atom stereocenters. The Morgan fingerprint density at radius 1 is 1.21 bits per heavy atom. The van der Waals surface area contributed by atoms with Gasteiger partial charge in [-0.3, -0.25) is 4.98 Å². The number of hydrogen-bond acceptors (Lipinski definition) is 2. The highest BCUT2D eigenvalue weighted by Gasteiger charge is 2.31. The SMILES string of the molecule is CC1(C)CCCCC1Nc1ccc2ncccc2c1. The van der Waals surface area contributed by atoms with Gasteiger partial charge in [0.15, 0.2) is 0 Å². The van der Waals surface area contributed by atoms with Gasteiger partial charge in [0, 0.05) is 23.3 Å². The Morgan fingerprint density at radius 2 is 2.11 bits per heavy atom. The summed E-state index contributed by atoms with van der Waals surface area (Å²) >= 11 is 0. The zero-order valence-corrected chi connectivity index (χ0v) is 11.8. The fraction of sp³-hybridized carbons (Fsp3) is 0.471. The lowest BCUT2D eigenvalue weighted by atomic mass is 9.73. The molecule has 3 rings (SSSR count). The van der Waals surface area contributed by atoms with Crippen LogP contribution in [0, 0.1) is 5.41 Å². The van der Waals surface area contributed by atoms with Crippen LogP contribution in [0.5, 0.6) is 0 Å². The van der Waals surface area contributed by atoms with Crippen molar-refractivity contribution >= 4 is 16.6 Å². The van der Waals surface area contributed by atoms with E-state index in [9.17, 15) is 0 Å². The van der Waals surface area contributed by atoms with Gasteiger partial charge in [0.2, 0.25) is 0 Å². The standard InChI is InChI=1S/C17H22N2/c1-17(2)10-4-3-7-16(17)19-14-8-9-15-13(12-14)6-5-11-18-15/h5-6,8-9,11-12,16,19H,3-4,7,10H2,1-2H3. The molecule has 100 valence electrons. The molecule has 1 aromatic heterocycles. The Morgan fingerprint density at radius 3 is 2.95 bits per heavy atom. The molecule has 0 spiro atoms. The molecule has 1 saturated carbocycles. The second-order valence-corrected chi connectivity index (χ2v) is 6.34. The summed E-state index contributed by atoms with van der Waals surface area (Å²) in [7, 11) is 0. The van der Waals surface area contributed by atoms with Gasteiger partial charge in [-0.05, 0) is 42.5 Å². The summed E-state index contributed by atoms with van der Waals surface area (Å²) in [6.45, 7) is 4.76. The van der Waals surface area contributed by atoms with E-state index >= 15 is 0 Å². The summed E-state index contributed by atoms with van der Waals surface area (Å²) in [5.41, 5.74) is 2.68. The van der Waals surface area contributed by atoms with Crippen molar-refractivity contribution in [3.8, 4) is 0 Å². The Bertz CT molecular complexity index is 574. The Labute approximate surface area is 115 Å². The van der Waals surface area contributed by atoms with Crippen LogP contribution >= 0.6 is 0 Å². The maximum absolute atomic E-state index is 4.37. The van der Waals surface area contributed by atoms with Gasteiger partial charge in [0.1, 0.15) is 0 Å². The minimum absolute atomic E-state index is 0.391. The van der Waals surface area contributed by atoms with Crippen molar-refractivity contribution in [3.05, 3.63) is 36.5 Å². The van der Waals surface area contributed by atoms with Crippen LogP contribution in [-0.2, 0) is 0 Å². The summed E-state index contributed by atoms with van der Waals surface area (Å²) in [5.74, 6) is 0. The van der Waals surface area contributed by atoms with E-state index in [1.54, 1.807) is 0 Å². The fourth-order valence-electron chi connectivity index (χ4n) is 3.13. The second kappa shape index (κ2) is 4.84. The molecule has 1 aliphatic carbocycles. The smallest absolute Gasteiger partial charge is 0.0703 e. The zero-order chi connectivity index (χ0) is 13.3. The fourth-order valence-corrected chi connectivity index (χ4v) is 3.13. The predicted molar refractivity (Wildman–Crippen MR) is 81.4 cm³/mol. The molecule has 0 saturated heterocycles. The Kier molecular flexibility index (Phi) is 3.17. The first-order valence-electron chi connectivity index (χ1n) is 7.26. The Balaban J connectivity index is 1.84. The maximum Gasteiger partial charge on any atom is 0.0703 e. The average molecular weight is 254 g/mol. The third kappa shape index (κ3) is 2.58. The van der Waals surface area contributed by atoms with Gasteiger partial charge in [-0.1, -0.05) is 32.8 Å². The molecule has 0 amide bonds. The number of pyridine rings is 1. The normalized spacial score (nSPS) is 22.3. The van der Waals surface area contributed by atoms with Crippen LogP contribution in [0.15, 0.2) is 36.5 Å². The van der Waals surface area contributed by atoms with Crippen LogP contribution in [0.25, 0.3) is 10.9 Å². The number of rotatable bonds is 2. The summed E-state index contributed by atoms with van der Waals surface area (Å²) in [5, 5.41) is 4.94. The molecule has 2 nitrogen and oxygen atoms in total. The van der Waals surface area contributed by atoms with Crippen LogP contribution in [0.1, 0.15) is 39.5 Å². The summed E-state index contributed by atoms with van der Waals surface area (Å²) in [4.78, 5) is 4.37. The van der Waals surface area contributed by atoms with Crippen molar-refractivity contribution in [1.82, 2.24) is 4.98 Å². The molecule has 1 fully saturated rings. The molecular weight excluding hydrogens is 232 g/mol. The molecule has 2 heteroatoms. The van der Waals surface area contributed by atoms with Crippen LogP contribution in [0.2, 0.25) is 0 Å². The minimum Gasteiger partial charge on any atom is -0.382 e. The first-order chi connectivity index (χ1) is 9.15. The van der Waals surface area contributed by atoms with Crippen molar-refractivity contribution in [3.63, 3.8) is 0 Å². The highest BCUT2D eigenvalue weighted by molar-refractivity contribution is 5.82. The topological polar surface area (TPSA) is 24.9 Å². The number of anilines is 1.